The molecule has 0 bridgehead atoms. The summed E-state index contributed by atoms with van der Waals surface area (Å²) in [4.78, 5) is 34.5. The van der Waals surface area contributed by atoms with Crippen LogP contribution in [0.4, 0.5) is 0 Å². The van der Waals surface area contributed by atoms with E-state index in [2.05, 4.69) is 20.4 Å². The summed E-state index contributed by atoms with van der Waals surface area (Å²) in [6, 6.07) is 14.1. The Kier molecular flexibility index (Phi) is 7.83. The lowest BCUT2D eigenvalue weighted by molar-refractivity contribution is -0.136. The molecule has 8 nitrogen and oxygen atoms in total. The second kappa shape index (κ2) is 11.0. The van der Waals surface area contributed by atoms with Crippen LogP contribution in [0.3, 0.4) is 0 Å². The van der Waals surface area contributed by atoms with Crippen molar-refractivity contribution in [2.75, 3.05) is 26.2 Å². The summed E-state index contributed by atoms with van der Waals surface area (Å²) in [6.07, 6.45) is 0. The number of carbonyl (C=O) groups excluding carboxylic acids is 2. The molecule has 1 saturated heterocycles. The number of rotatable bonds is 7. The van der Waals surface area contributed by atoms with Crippen molar-refractivity contribution in [3.05, 3.63) is 70.6 Å². The van der Waals surface area contributed by atoms with Gasteiger partial charge in [-0.1, -0.05) is 48.3 Å². The third kappa shape index (κ3) is 6.26. The quantitative estimate of drug-likeness (QED) is 0.536. The van der Waals surface area contributed by atoms with Gasteiger partial charge in [0.05, 0.1) is 6.54 Å². The van der Waals surface area contributed by atoms with E-state index in [0.29, 0.717) is 55.0 Å². The van der Waals surface area contributed by atoms with Gasteiger partial charge >= 0.3 is 0 Å². The van der Waals surface area contributed by atoms with E-state index in [4.69, 9.17) is 16.1 Å². The molecule has 1 aromatic heterocycles. The molecule has 2 amide bonds. The predicted molar refractivity (Wildman–Crippen MR) is 134 cm³/mol. The number of nitrogens with zero attached hydrogens (tertiary/aromatic N) is 4. The molecule has 0 spiro atoms. The van der Waals surface area contributed by atoms with E-state index < -0.39 is 6.04 Å². The number of hydrogen-bond donors (Lipinski definition) is 1. The van der Waals surface area contributed by atoms with Crippen LogP contribution in [-0.2, 0) is 11.3 Å². The minimum absolute atomic E-state index is 0.0287. The Morgan fingerprint density at radius 2 is 1.80 bits per heavy atom. The Morgan fingerprint density at radius 3 is 2.46 bits per heavy atom. The summed E-state index contributed by atoms with van der Waals surface area (Å²) < 4.78 is 5.43. The third-order valence-electron chi connectivity index (χ3n) is 6.11. The molecule has 2 heterocycles. The maximum Gasteiger partial charge on any atom is 0.251 e. The average molecular weight is 496 g/mol. The summed E-state index contributed by atoms with van der Waals surface area (Å²) >= 11 is 5.94. The lowest BCUT2D eigenvalue weighted by atomic mass is 10.0. The fourth-order valence-electron chi connectivity index (χ4n) is 4.07. The van der Waals surface area contributed by atoms with Gasteiger partial charge in [-0.2, -0.15) is 4.98 Å². The van der Waals surface area contributed by atoms with Gasteiger partial charge in [-0.15, -0.1) is 0 Å². The minimum atomic E-state index is -0.576. The highest BCUT2D eigenvalue weighted by Gasteiger charge is 2.31. The van der Waals surface area contributed by atoms with Gasteiger partial charge in [-0.25, -0.2) is 0 Å². The Bertz CT molecular complexity index is 1170. The zero-order chi connectivity index (χ0) is 24.9. The van der Waals surface area contributed by atoms with Crippen molar-refractivity contribution in [2.24, 2.45) is 5.92 Å². The van der Waals surface area contributed by atoms with Gasteiger partial charge < -0.3 is 14.7 Å². The number of carbonyl (C=O) groups is 2. The van der Waals surface area contributed by atoms with Crippen molar-refractivity contribution in [1.82, 2.24) is 25.3 Å². The molecule has 1 aliphatic heterocycles. The van der Waals surface area contributed by atoms with Crippen molar-refractivity contribution in [3.63, 3.8) is 0 Å². The van der Waals surface area contributed by atoms with Gasteiger partial charge in [0, 0.05) is 42.3 Å². The highest BCUT2D eigenvalue weighted by molar-refractivity contribution is 6.30. The highest BCUT2D eigenvalue weighted by atomic mass is 35.5. The van der Waals surface area contributed by atoms with Crippen LogP contribution in [0.15, 0.2) is 53.1 Å². The lowest BCUT2D eigenvalue weighted by Crippen LogP contribution is -2.56. The van der Waals surface area contributed by atoms with Crippen molar-refractivity contribution in [1.29, 1.82) is 0 Å². The average Bonchev–Trinajstić information content (AvgIpc) is 3.31. The van der Waals surface area contributed by atoms with E-state index >= 15 is 0 Å². The fourth-order valence-corrected chi connectivity index (χ4v) is 4.20. The van der Waals surface area contributed by atoms with Crippen LogP contribution in [0.2, 0.25) is 5.02 Å². The van der Waals surface area contributed by atoms with E-state index in [1.54, 1.807) is 18.2 Å². The molecule has 1 aliphatic rings. The van der Waals surface area contributed by atoms with Gasteiger partial charge in [0.25, 0.3) is 5.91 Å². The Morgan fingerprint density at radius 1 is 1.09 bits per heavy atom. The Hall–Kier alpha value is -3.23. The monoisotopic (exact) mass is 495 g/mol. The van der Waals surface area contributed by atoms with Crippen LogP contribution in [0.25, 0.3) is 11.4 Å². The molecule has 3 aromatic rings. The summed E-state index contributed by atoms with van der Waals surface area (Å²) in [5, 5.41) is 7.66. The summed E-state index contributed by atoms with van der Waals surface area (Å²) in [5.74, 6) is 0.740. The number of amides is 2. The predicted octanol–water partition coefficient (Wildman–Crippen LogP) is 3.80. The van der Waals surface area contributed by atoms with Crippen molar-refractivity contribution < 1.29 is 14.1 Å². The number of halogens is 1. The molecule has 184 valence electrons. The largest absolute Gasteiger partial charge is 0.340 e. The molecule has 4 rings (SSSR count). The zero-order valence-corrected chi connectivity index (χ0v) is 21.0. The number of nitrogens with one attached hydrogen (secondary N) is 1. The number of aromatic nitrogens is 2. The molecular weight excluding hydrogens is 466 g/mol. The SMILES string of the molecule is Cc1cccc(C(=O)NC(C(=O)N2CCN(Cc3nc(-c4ccc(Cl)cc4)no3)CC2)C(C)C)c1. The molecule has 0 saturated carbocycles. The fraction of sp³-hybridized carbons (Fsp3) is 0.385. The number of aryl methyl sites for hydroxylation is 1. The first-order chi connectivity index (χ1) is 16.8. The first kappa shape index (κ1) is 24.9. The van der Waals surface area contributed by atoms with E-state index in [1.165, 1.54) is 0 Å². The summed E-state index contributed by atoms with van der Waals surface area (Å²) in [7, 11) is 0. The standard InChI is InChI=1S/C26H30ClN5O3/c1-17(2)23(29-25(33)20-6-4-5-18(3)15-20)26(34)32-13-11-31(12-14-32)16-22-28-24(30-35-22)19-7-9-21(27)10-8-19/h4-10,15,17,23H,11-14,16H2,1-3H3,(H,29,33). The van der Waals surface area contributed by atoms with Gasteiger partial charge in [-0.3, -0.25) is 14.5 Å². The molecule has 35 heavy (non-hydrogen) atoms. The molecule has 2 aromatic carbocycles. The number of hydrogen-bond acceptors (Lipinski definition) is 6. The van der Waals surface area contributed by atoms with Crippen molar-refractivity contribution in [2.45, 2.75) is 33.4 Å². The molecule has 1 fully saturated rings. The van der Waals surface area contributed by atoms with E-state index in [9.17, 15) is 9.59 Å². The van der Waals surface area contributed by atoms with Crippen LogP contribution in [0.1, 0.15) is 35.7 Å². The minimum Gasteiger partial charge on any atom is -0.340 e. The molecule has 1 N–H and O–H groups in total. The van der Waals surface area contributed by atoms with Crippen LogP contribution in [0, 0.1) is 12.8 Å². The first-order valence-electron chi connectivity index (χ1n) is 11.8. The van der Waals surface area contributed by atoms with Crippen LogP contribution in [-0.4, -0.2) is 64.0 Å². The van der Waals surface area contributed by atoms with Gasteiger partial charge in [0.1, 0.15) is 6.04 Å². The Labute approximate surface area is 210 Å². The number of piperazine rings is 1. The summed E-state index contributed by atoms with van der Waals surface area (Å²) in [5.41, 5.74) is 2.40. The van der Waals surface area contributed by atoms with Crippen molar-refractivity contribution >= 4 is 23.4 Å². The van der Waals surface area contributed by atoms with E-state index in [1.807, 2.05) is 56.0 Å². The zero-order valence-electron chi connectivity index (χ0n) is 20.2. The van der Waals surface area contributed by atoms with Crippen LogP contribution >= 0.6 is 11.6 Å². The molecule has 0 aliphatic carbocycles. The maximum atomic E-state index is 13.3. The van der Waals surface area contributed by atoms with Gasteiger partial charge in [0.15, 0.2) is 0 Å². The highest BCUT2D eigenvalue weighted by Crippen LogP contribution is 2.19. The smallest absolute Gasteiger partial charge is 0.251 e. The normalized spacial score (nSPS) is 15.3. The van der Waals surface area contributed by atoms with Crippen molar-refractivity contribution in [3.8, 4) is 11.4 Å². The summed E-state index contributed by atoms with van der Waals surface area (Å²) in [6.45, 7) is 8.85. The van der Waals surface area contributed by atoms with Gasteiger partial charge in [-0.05, 0) is 49.2 Å². The van der Waals surface area contributed by atoms with Gasteiger partial charge in [0.2, 0.25) is 17.6 Å². The second-order valence-corrected chi connectivity index (χ2v) is 9.62. The molecule has 0 radical (unpaired) electrons. The molecule has 1 unspecified atom stereocenters. The second-order valence-electron chi connectivity index (χ2n) is 9.18. The maximum absolute atomic E-state index is 13.3. The van der Waals surface area contributed by atoms with E-state index in [0.717, 1.165) is 11.1 Å². The molecular formula is C26H30ClN5O3. The third-order valence-corrected chi connectivity index (χ3v) is 6.36. The van der Waals surface area contributed by atoms with Crippen LogP contribution < -0.4 is 5.32 Å². The molecule has 1 atom stereocenters. The first-order valence-corrected chi connectivity index (χ1v) is 12.1. The topological polar surface area (TPSA) is 91.6 Å². The molecule has 9 heteroatoms. The Balaban J connectivity index is 1.32. The van der Waals surface area contributed by atoms with Crippen LogP contribution in [0.5, 0.6) is 0 Å². The number of benzene rings is 2. The lowest BCUT2D eigenvalue weighted by Gasteiger charge is -2.36. The van der Waals surface area contributed by atoms with E-state index in [-0.39, 0.29) is 17.7 Å².